The zero-order valence-corrected chi connectivity index (χ0v) is 13.8. The van der Waals surface area contributed by atoms with Crippen molar-refractivity contribution in [1.29, 1.82) is 0 Å². The van der Waals surface area contributed by atoms with Crippen molar-refractivity contribution in [2.75, 3.05) is 50.8 Å². The van der Waals surface area contributed by atoms with Crippen molar-refractivity contribution < 1.29 is 9.53 Å². The van der Waals surface area contributed by atoms with E-state index in [1.165, 1.54) is 12.8 Å². The second-order valence-electron chi connectivity index (χ2n) is 6.28. The highest BCUT2D eigenvalue weighted by atomic mass is 16.5. The molecule has 0 bridgehead atoms. The van der Waals surface area contributed by atoms with Crippen LogP contribution in [0.5, 0.6) is 0 Å². The number of carbonyl (C=O) groups excluding carboxylic acids is 1. The molecule has 0 aliphatic carbocycles. The van der Waals surface area contributed by atoms with Crippen LogP contribution >= 0.6 is 0 Å². The molecule has 2 saturated heterocycles. The van der Waals surface area contributed by atoms with Crippen molar-refractivity contribution >= 4 is 11.7 Å². The number of ether oxygens (including phenoxy) is 1. The van der Waals surface area contributed by atoms with Gasteiger partial charge in [0.2, 0.25) is 0 Å². The fourth-order valence-electron chi connectivity index (χ4n) is 3.24. The second-order valence-corrected chi connectivity index (χ2v) is 6.28. The topological polar surface area (TPSA) is 57.7 Å². The average molecular weight is 318 g/mol. The minimum Gasteiger partial charge on any atom is -0.379 e. The average Bonchev–Trinajstić information content (AvgIpc) is 3.14. The number of rotatable bonds is 5. The normalized spacial score (nSPS) is 20.5. The number of morpholine rings is 1. The van der Waals surface area contributed by atoms with Crippen molar-refractivity contribution in [3.8, 4) is 0 Å². The van der Waals surface area contributed by atoms with Gasteiger partial charge in [0.15, 0.2) is 0 Å². The highest BCUT2D eigenvalue weighted by Crippen LogP contribution is 2.21. The zero-order valence-electron chi connectivity index (χ0n) is 13.8. The Bertz CT molecular complexity index is 525. The maximum Gasteiger partial charge on any atom is 0.255 e. The molecule has 2 fully saturated rings. The number of hydrogen-bond acceptors (Lipinski definition) is 5. The largest absolute Gasteiger partial charge is 0.379 e. The van der Waals surface area contributed by atoms with E-state index in [-0.39, 0.29) is 5.91 Å². The summed E-state index contributed by atoms with van der Waals surface area (Å²) in [6, 6.07) is 4.02. The first-order valence-corrected chi connectivity index (χ1v) is 8.55. The van der Waals surface area contributed by atoms with E-state index in [4.69, 9.17) is 4.74 Å². The Morgan fingerprint density at radius 1 is 1.30 bits per heavy atom. The number of aromatic nitrogens is 1. The van der Waals surface area contributed by atoms with Crippen LogP contribution in [0.4, 0.5) is 5.82 Å². The number of nitrogens with zero attached hydrogens (tertiary/aromatic N) is 3. The van der Waals surface area contributed by atoms with Gasteiger partial charge in [-0.15, -0.1) is 0 Å². The van der Waals surface area contributed by atoms with Crippen LogP contribution in [0.25, 0.3) is 0 Å². The molecule has 6 nitrogen and oxygen atoms in total. The Morgan fingerprint density at radius 2 is 2.04 bits per heavy atom. The second kappa shape index (κ2) is 7.75. The third-order valence-electron chi connectivity index (χ3n) is 4.66. The van der Waals surface area contributed by atoms with E-state index >= 15 is 0 Å². The summed E-state index contributed by atoms with van der Waals surface area (Å²) < 4.78 is 5.37. The minimum atomic E-state index is -0.0277. The highest BCUT2D eigenvalue weighted by Gasteiger charge is 2.22. The van der Waals surface area contributed by atoms with Gasteiger partial charge >= 0.3 is 0 Å². The molecule has 3 heterocycles. The zero-order chi connectivity index (χ0) is 16.1. The van der Waals surface area contributed by atoms with Crippen LogP contribution in [0.1, 0.15) is 30.1 Å². The summed E-state index contributed by atoms with van der Waals surface area (Å²) in [5.41, 5.74) is 0.684. The molecule has 1 aromatic rings. The maximum absolute atomic E-state index is 12.6. The summed E-state index contributed by atoms with van der Waals surface area (Å²) in [5.74, 6) is 0.793. The van der Waals surface area contributed by atoms with Crippen LogP contribution in [0.3, 0.4) is 0 Å². The summed E-state index contributed by atoms with van der Waals surface area (Å²) in [4.78, 5) is 21.6. The highest BCUT2D eigenvalue weighted by molar-refractivity contribution is 5.98. The van der Waals surface area contributed by atoms with Gasteiger partial charge in [0.05, 0.1) is 18.8 Å². The Balaban J connectivity index is 1.59. The molecular weight excluding hydrogens is 292 g/mol. The lowest BCUT2D eigenvalue weighted by Crippen LogP contribution is -2.47. The fourth-order valence-corrected chi connectivity index (χ4v) is 3.24. The van der Waals surface area contributed by atoms with Gasteiger partial charge in [-0.05, 0) is 31.9 Å². The summed E-state index contributed by atoms with van der Waals surface area (Å²) >= 11 is 0. The Hall–Kier alpha value is -1.66. The lowest BCUT2D eigenvalue weighted by atomic mass is 10.2. The molecule has 0 unspecified atom stereocenters. The lowest BCUT2D eigenvalue weighted by Gasteiger charge is -2.32. The van der Waals surface area contributed by atoms with Crippen LogP contribution in [-0.2, 0) is 4.74 Å². The Morgan fingerprint density at radius 3 is 2.78 bits per heavy atom. The third-order valence-corrected chi connectivity index (χ3v) is 4.66. The SMILES string of the molecule is C[C@H](CNC(=O)c1cccnc1N1CCCC1)N1CCOCC1. The van der Waals surface area contributed by atoms with Gasteiger partial charge in [-0.3, -0.25) is 9.69 Å². The molecule has 126 valence electrons. The monoisotopic (exact) mass is 318 g/mol. The number of pyridine rings is 1. The molecule has 3 rings (SSSR count). The molecule has 6 heteroatoms. The van der Waals surface area contributed by atoms with E-state index in [2.05, 4.69) is 27.0 Å². The first-order chi connectivity index (χ1) is 11.3. The van der Waals surface area contributed by atoms with E-state index in [1.54, 1.807) is 6.20 Å². The van der Waals surface area contributed by atoms with Gasteiger partial charge in [-0.25, -0.2) is 4.98 Å². The first-order valence-electron chi connectivity index (χ1n) is 8.55. The molecule has 1 amide bonds. The molecule has 1 N–H and O–H groups in total. The fraction of sp³-hybridized carbons (Fsp3) is 0.647. The molecule has 2 aliphatic rings. The Labute approximate surface area is 137 Å². The van der Waals surface area contributed by atoms with Crippen molar-refractivity contribution in [1.82, 2.24) is 15.2 Å². The van der Waals surface area contributed by atoms with Gasteiger partial charge < -0.3 is 15.0 Å². The van der Waals surface area contributed by atoms with E-state index < -0.39 is 0 Å². The summed E-state index contributed by atoms with van der Waals surface area (Å²) in [7, 11) is 0. The van der Waals surface area contributed by atoms with E-state index in [1.807, 2.05) is 12.1 Å². The number of nitrogens with one attached hydrogen (secondary N) is 1. The summed E-state index contributed by atoms with van der Waals surface area (Å²) in [6.45, 7) is 8.19. The van der Waals surface area contributed by atoms with E-state index in [0.717, 1.165) is 45.2 Å². The maximum atomic E-state index is 12.6. The van der Waals surface area contributed by atoms with Crippen LogP contribution in [-0.4, -0.2) is 67.8 Å². The molecule has 1 aromatic heterocycles. The molecule has 0 aromatic carbocycles. The van der Waals surface area contributed by atoms with Crippen molar-refractivity contribution in [2.24, 2.45) is 0 Å². The van der Waals surface area contributed by atoms with Crippen LogP contribution in [0, 0.1) is 0 Å². The van der Waals surface area contributed by atoms with Gasteiger partial charge in [-0.1, -0.05) is 0 Å². The van der Waals surface area contributed by atoms with Crippen molar-refractivity contribution in [3.05, 3.63) is 23.9 Å². The predicted octanol–water partition coefficient (Wildman–Crippen LogP) is 1.13. The van der Waals surface area contributed by atoms with Crippen LogP contribution < -0.4 is 10.2 Å². The molecule has 2 aliphatic heterocycles. The molecule has 0 spiro atoms. The molecule has 0 radical (unpaired) electrons. The quantitative estimate of drug-likeness (QED) is 0.882. The number of anilines is 1. The predicted molar refractivity (Wildman–Crippen MR) is 89.9 cm³/mol. The van der Waals surface area contributed by atoms with Crippen molar-refractivity contribution in [2.45, 2.75) is 25.8 Å². The summed E-state index contributed by atoms with van der Waals surface area (Å²) in [5, 5.41) is 3.07. The number of carbonyl (C=O) groups is 1. The van der Waals surface area contributed by atoms with Gasteiger partial charge in [0.1, 0.15) is 5.82 Å². The van der Waals surface area contributed by atoms with Crippen LogP contribution in [0.15, 0.2) is 18.3 Å². The third kappa shape index (κ3) is 4.00. The van der Waals surface area contributed by atoms with Gasteiger partial charge in [0.25, 0.3) is 5.91 Å². The molecular formula is C17H26N4O2. The van der Waals surface area contributed by atoms with Crippen LogP contribution in [0.2, 0.25) is 0 Å². The molecule has 1 atom stereocenters. The van der Waals surface area contributed by atoms with Crippen molar-refractivity contribution in [3.63, 3.8) is 0 Å². The minimum absolute atomic E-state index is 0.0277. The smallest absolute Gasteiger partial charge is 0.255 e. The molecule has 0 saturated carbocycles. The standard InChI is InChI=1S/C17H26N4O2/c1-14(20-9-11-23-12-10-20)13-19-17(22)15-5-4-6-18-16(15)21-7-2-3-8-21/h4-6,14H,2-3,7-13H2,1H3,(H,19,22)/t14-/m1/s1. The van der Waals surface area contributed by atoms with Gasteiger partial charge in [-0.2, -0.15) is 0 Å². The number of hydrogen-bond donors (Lipinski definition) is 1. The first kappa shape index (κ1) is 16.2. The van der Waals surface area contributed by atoms with E-state index in [9.17, 15) is 4.79 Å². The van der Waals surface area contributed by atoms with E-state index in [0.29, 0.717) is 18.2 Å². The molecule has 23 heavy (non-hydrogen) atoms. The Kier molecular flexibility index (Phi) is 5.46. The lowest BCUT2D eigenvalue weighted by molar-refractivity contribution is 0.0204. The van der Waals surface area contributed by atoms with Gasteiger partial charge in [0, 0.05) is 45.0 Å². The summed E-state index contributed by atoms with van der Waals surface area (Å²) in [6.07, 6.45) is 4.11. The number of amides is 1.